The van der Waals surface area contributed by atoms with E-state index in [-0.39, 0.29) is 99.3 Å². The second-order valence-corrected chi connectivity index (χ2v) is 0. The number of hydrogen-bond donors (Lipinski definition) is 0. The van der Waals surface area contributed by atoms with Gasteiger partial charge in [-0.25, -0.2) is 0 Å². The minimum atomic E-state index is 0. The zero-order chi connectivity index (χ0) is 0. The maximum absolute atomic E-state index is 0. The van der Waals surface area contributed by atoms with Crippen LogP contribution in [0.25, 0.3) is 0 Å². The van der Waals surface area contributed by atoms with Gasteiger partial charge in [-0.15, -0.1) is 0 Å². The van der Waals surface area contributed by atoms with E-state index in [1.807, 2.05) is 0 Å². The number of hydrogen-bond acceptors (Lipinski definition) is 0. The fourth-order valence-electron chi connectivity index (χ4n) is 0. The molecule has 0 saturated carbocycles. The summed E-state index contributed by atoms with van der Waals surface area (Å²) in [6, 6.07) is 0. The molecule has 0 bridgehead atoms. The molecule has 0 aliphatic rings. The van der Waals surface area contributed by atoms with Crippen LogP contribution in [-0.4, -0.2) is 0 Å². The second kappa shape index (κ2) is 17.5. The molecular weight excluding hydrogens is 266 g/mol. The second-order valence-electron chi connectivity index (χ2n) is 0. The molecule has 0 aromatic rings. The average Bonchev–Trinajstić information content (AvgIpc) is 0. The molecule has 0 fully saturated rings. The molecule has 0 rings (SSSR count). The van der Waals surface area contributed by atoms with Gasteiger partial charge in [0, 0.05) is 0 Å². The predicted molar refractivity (Wildman–Crippen MR) is 1.37 cm³/mol. The molecular formula is CsO2Ru. The molecule has 4 heavy (non-hydrogen) atoms. The molecule has 0 amide bonds. The molecule has 0 spiro atoms. The fraction of sp³-hybridized carbons (Fsp3) is 0. The summed E-state index contributed by atoms with van der Waals surface area (Å²) in [5.41, 5.74) is 0. The first-order chi connectivity index (χ1) is 0. The van der Waals surface area contributed by atoms with Gasteiger partial charge in [-0.2, -0.15) is 0 Å². The van der Waals surface area contributed by atoms with Gasteiger partial charge < -0.3 is 11.0 Å². The third kappa shape index (κ3) is 8.82. The summed E-state index contributed by atoms with van der Waals surface area (Å²) in [5.74, 6) is 0. The van der Waals surface area contributed by atoms with Crippen LogP contribution in [0, 0.1) is 0 Å². The quantitative estimate of drug-likeness (QED) is 0.414. The molecule has 2 nitrogen and oxygen atoms in total. The Bertz CT molecular complexity index is 6.00. The first-order valence-corrected chi connectivity index (χ1v) is 0. The van der Waals surface area contributed by atoms with Crippen LogP contribution in [0.15, 0.2) is 0 Å². The van der Waals surface area contributed by atoms with Crippen molar-refractivity contribution in [2.75, 3.05) is 0 Å². The first kappa shape index (κ1) is 30.7. The Kier molecular flexibility index (Phi) is 134. The molecule has 4 heteroatoms. The van der Waals surface area contributed by atoms with Gasteiger partial charge in [0.1, 0.15) is 0 Å². The summed E-state index contributed by atoms with van der Waals surface area (Å²) in [5, 5.41) is 0. The molecule has 21 valence electrons. The molecule has 1 radical (unpaired) electrons. The molecule has 0 unspecified atom stereocenters. The van der Waals surface area contributed by atoms with Crippen molar-refractivity contribution in [3.63, 3.8) is 0 Å². The van der Waals surface area contributed by atoms with Crippen molar-refractivity contribution in [3.8, 4) is 0 Å². The van der Waals surface area contributed by atoms with Crippen molar-refractivity contribution in [1.29, 1.82) is 0 Å². The molecule has 0 heterocycles. The molecule has 0 aliphatic carbocycles. The Morgan fingerprint density at radius 3 is 0.750 bits per heavy atom. The average molecular weight is 266 g/mol. The van der Waals surface area contributed by atoms with Crippen LogP contribution in [0.3, 0.4) is 0 Å². The van der Waals surface area contributed by atoms with Gasteiger partial charge in [-0.3, -0.25) is 0 Å². The minimum absolute atomic E-state index is 0. The van der Waals surface area contributed by atoms with Crippen LogP contribution < -0.4 is 68.9 Å². The zero-order valence-electron chi connectivity index (χ0n) is 2.17. The van der Waals surface area contributed by atoms with Gasteiger partial charge in [0.15, 0.2) is 0 Å². The van der Waals surface area contributed by atoms with E-state index in [1.165, 1.54) is 0 Å². The molecule has 0 N–H and O–H groups in total. The Balaban J connectivity index is 0. The van der Waals surface area contributed by atoms with E-state index >= 15 is 0 Å². The largest absolute Gasteiger partial charge is 3.00 e. The van der Waals surface area contributed by atoms with E-state index < -0.39 is 0 Å². The van der Waals surface area contributed by atoms with E-state index in [4.69, 9.17) is 0 Å². The van der Waals surface area contributed by atoms with E-state index in [9.17, 15) is 0 Å². The van der Waals surface area contributed by atoms with Crippen LogP contribution in [0.2, 0.25) is 0 Å². The first-order valence-electron chi connectivity index (χ1n) is 0. The molecule has 0 atom stereocenters. The minimum Gasteiger partial charge on any atom is -2.00 e. The van der Waals surface area contributed by atoms with E-state index in [0.717, 1.165) is 0 Å². The summed E-state index contributed by atoms with van der Waals surface area (Å²) in [7, 11) is 0. The SMILES string of the molecule is [Cs+].[O-2].[O-2].[Ru+3]. The fourth-order valence-corrected chi connectivity index (χ4v) is 0. The zero-order valence-corrected chi connectivity index (χ0v) is 10.2. The standard InChI is InChI=1S/Cs.2O.Ru/q+1;2*-2;+3. The van der Waals surface area contributed by atoms with E-state index in [2.05, 4.69) is 0 Å². The van der Waals surface area contributed by atoms with Crippen LogP contribution in [0.1, 0.15) is 0 Å². The topological polar surface area (TPSA) is 57.0 Å². The monoisotopic (exact) mass is 267 g/mol. The Morgan fingerprint density at radius 1 is 0.750 bits per heavy atom. The Labute approximate surface area is 96.5 Å². The summed E-state index contributed by atoms with van der Waals surface area (Å²) in [6.07, 6.45) is 0. The summed E-state index contributed by atoms with van der Waals surface area (Å²) in [4.78, 5) is 0. The van der Waals surface area contributed by atoms with E-state index in [1.54, 1.807) is 0 Å². The summed E-state index contributed by atoms with van der Waals surface area (Å²) in [6.45, 7) is 0. The van der Waals surface area contributed by atoms with Gasteiger partial charge in [0.05, 0.1) is 0 Å². The van der Waals surface area contributed by atoms with Crippen molar-refractivity contribution in [3.05, 3.63) is 0 Å². The van der Waals surface area contributed by atoms with Crippen molar-refractivity contribution < 1.29 is 99.3 Å². The van der Waals surface area contributed by atoms with Crippen molar-refractivity contribution in [1.82, 2.24) is 0 Å². The summed E-state index contributed by atoms with van der Waals surface area (Å²) >= 11 is 0. The van der Waals surface area contributed by atoms with Gasteiger partial charge in [-0.05, 0) is 0 Å². The van der Waals surface area contributed by atoms with Crippen molar-refractivity contribution >= 4 is 0 Å². The Morgan fingerprint density at radius 2 is 0.750 bits per heavy atom. The molecule has 0 aromatic carbocycles. The third-order valence-corrected chi connectivity index (χ3v) is 0. The van der Waals surface area contributed by atoms with E-state index in [0.29, 0.717) is 0 Å². The van der Waals surface area contributed by atoms with Crippen molar-refractivity contribution in [2.45, 2.75) is 0 Å². The van der Waals surface area contributed by atoms with Crippen LogP contribution in [0.4, 0.5) is 0 Å². The van der Waals surface area contributed by atoms with Gasteiger partial charge in [0.25, 0.3) is 0 Å². The van der Waals surface area contributed by atoms with Crippen LogP contribution in [-0.2, 0) is 30.4 Å². The van der Waals surface area contributed by atoms with Gasteiger partial charge >= 0.3 is 88.4 Å². The van der Waals surface area contributed by atoms with Crippen LogP contribution >= 0.6 is 0 Å². The van der Waals surface area contributed by atoms with Gasteiger partial charge in [-0.1, -0.05) is 0 Å². The number of rotatable bonds is 0. The third-order valence-electron chi connectivity index (χ3n) is 0. The summed E-state index contributed by atoms with van der Waals surface area (Å²) < 4.78 is 0. The molecule has 0 aromatic heterocycles. The van der Waals surface area contributed by atoms with Crippen molar-refractivity contribution in [2.24, 2.45) is 0 Å². The maximum atomic E-state index is 0. The molecule has 0 aliphatic heterocycles. The normalized spacial score (nSPS) is 0. The molecule has 0 saturated heterocycles. The predicted octanol–water partition coefficient (Wildman–Crippen LogP) is -3.24. The van der Waals surface area contributed by atoms with Gasteiger partial charge in [0.2, 0.25) is 0 Å². The smallest absolute Gasteiger partial charge is 2.00 e. The Hall–Kier alpha value is 2.60. The van der Waals surface area contributed by atoms with Crippen LogP contribution in [0.5, 0.6) is 0 Å². The maximum Gasteiger partial charge on any atom is 3.00 e.